The van der Waals surface area contributed by atoms with Crippen LogP contribution in [0, 0.1) is 13.8 Å². The zero-order valence-corrected chi connectivity index (χ0v) is 12.6. The van der Waals surface area contributed by atoms with Crippen molar-refractivity contribution in [2.45, 2.75) is 13.8 Å². The fourth-order valence-corrected chi connectivity index (χ4v) is 2.55. The minimum Gasteiger partial charge on any atom is -0.451 e. The van der Waals surface area contributed by atoms with E-state index in [1.807, 2.05) is 18.2 Å². The fourth-order valence-electron chi connectivity index (χ4n) is 2.09. The standard InChI is InChI=1S/C14H12BrN3O2/c1-7-13(16)8(2)18(17-7)14(19)12-6-9-10(15)4-3-5-11(9)20-12/h3-6H,16H2,1-2H3. The van der Waals surface area contributed by atoms with Gasteiger partial charge in [-0.3, -0.25) is 4.79 Å². The summed E-state index contributed by atoms with van der Waals surface area (Å²) in [6.07, 6.45) is 0. The van der Waals surface area contributed by atoms with Gasteiger partial charge in [0.25, 0.3) is 0 Å². The second-order valence-electron chi connectivity index (χ2n) is 4.56. The van der Waals surface area contributed by atoms with Crippen molar-refractivity contribution in [3.8, 4) is 0 Å². The molecule has 3 aromatic rings. The van der Waals surface area contributed by atoms with Crippen molar-refractivity contribution in [3.05, 3.63) is 45.9 Å². The summed E-state index contributed by atoms with van der Waals surface area (Å²) in [6, 6.07) is 7.26. The number of nitrogen functional groups attached to an aromatic ring is 1. The Bertz CT molecular complexity index is 832. The Labute approximate surface area is 123 Å². The number of nitrogens with zero attached hydrogens (tertiary/aromatic N) is 2. The summed E-state index contributed by atoms with van der Waals surface area (Å²) >= 11 is 3.43. The maximum absolute atomic E-state index is 12.4. The molecule has 20 heavy (non-hydrogen) atoms. The van der Waals surface area contributed by atoms with Crippen LogP contribution in [0.2, 0.25) is 0 Å². The summed E-state index contributed by atoms with van der Waals surface area (Å²) in [5.74, 6) is -0.0945. The van der Waals surface area contributed by atoms with Gasteiger partial charge in [-0.05, 0) is 32.0 Å². The summed E-state index contributed by atoms with van der Waals surface area (Å²) in [5.41, 5.74) is 8.27. The Morgan fingerprint density at radius 1 is 1.40 bits per heavy atom. The quantitative estimate of drug-likeness (QED) is 0.741. The number of aromatic nitrogens is 2. The molecule has 6 heteroatoms. The SMILES string of the molecule is Cc1nn(C(=O)c2cc3c(Br)cccc3o2)c(C)c1N. The third kappa shape index (κ3) is 1.84. The Morgan fingerprint density at radius 3 is 2.75 bits per heavy atom. The van der Waals surface area contributed by atoms with Gasteiger partial charge in [-0.15, -0.1) is 0 Å². The largest absolute Gasteiger partial charge is 0.451 e. The second kappa shape index (κ2) is 4.49. The minimum absolute atomic E-state index is 0.234. The molecule has 3 rings (SSSR count). The zero-order chi connectivity index (χ0) is 14.4. The van der Waals surface area contributed by atoms with Crippen LogP contribution in [0.25, 0.3) is 11.0 Å². The van der Waals surface area contributed by atoms with E-state index in [0.717, 1.165) is 9.86 Å². The molecule has 0 saturated carbocycles. The van der Waals surface area contributed by atoms with E-state index >= 15 is 0 Å². The van der Waals surface area contributed by atoms with Gasteiger partial charge in [0.2, 0.25) is 0 Å². The van der Waals surface area contributed by atoms with Gasteiger partial charge in [-0.1, -0.05) is 22.0 Å². The molecular weight excluding hydrogens is 322 g/mol. The van der Waals surface area contributed by atoms with E-state index < -0.39 is 0 Å². The van der Waals surface area contributed by atoms with Crippen LogP contribution in [0.5, 0.6) is 0 Å². The lowest BCUT2D eigenvalue weighted by molar-refractivity contribution is 0.0916. The normalized spacial score (nSPS) is 11.2. The van der Waals surface area contributed by atoms with Crippen LogP contribution in [0.3, 0.4) is 0 Å². The maximum atomic E-state index is 12.4. The first kappa shape index (κ1) is 12.9. The molecule has 0 radical (unpaired) electrons. The van der Waals surface area contributed by atoms with E-state index in [9.17, 15) is 4.79 Å². The molecule has 0 spiro atoms. The molecule has 102 valence electrons. The zero-order valence-electron chi connectivity index (χ0n) is 11.0. The molecule has 0 unspecified atom stereocenters. The summed E-state index contributed by atoms with van der Waals surface area (Å²) in [7, 11) is 0. The van der Waals surface area contributed by atoms with Crippen molar-refractivity contribution in [1.82, 2.24) is 9.78 Å². The number of anilines is 1. The highest BCUT2D eigenvalue weighted by Crippen LogP contribution is 2.27. The van der Waals surface area contributed by atoms with Crippen LogP contribution in [-0.2, 0) is 0 Å². The fraction of sp³-hybridized carbons (Fsp3) is 0.143. The molecule has 0 bridgehead atoms. The topological polar surface area (TPSA) is 74.0 Å². The molecule has 0 aliphatic rings. The van der Waals surface area contributed by atoms with Gasteiger partial charge >= 0.3 is 5.91 Å². The number of fused-ring (bicyclic) bond motifs is 1. The number of hydrogen-bond acceptors (Lipinski definition) is 4. The highest BCUT2D eigenvalue weighted by atomic mass is 79.9. The highest BCUT2D eigenvalue weighted by Gasteiger charge is 2.20. The predicted octanol–water partition coefficient (Wildman–Crippen LogP) is 3.28. The molecule has 0 atom stereocenters. The van der Waals surface area contributed by atoms with E-state index in [0.29, 0.717) is 22.7 Å². The number of benzene rings is 1. The predicted molar refractivity (Wildman–Crippen MR) is 79.8 cm³/mol. The van der Waals surface area contributed by atoms with Crippen LogP contribution >= 0.6 is 15.9 Å². The Kier molecular flexibility index (Phi) is 2.90. The van der Waals surface area contributed by atoms with Crippen molar-refractivity contribution >= 4 is 38.5 Å². The number of nitrogens with two attached hydrogens (primary N) is 1. The van der Waals surface area contributed by atoms with E-state index in [-0.39, 0.29) is 11.7 Å². The van der Waals surface area contributed by atoms with Crippen molar-refractivity contribution in [1.29, 1.82) is 0 Å². The monoisotopic (exact) mass is 333 g/mol. The number of halogens is 1. The number of carbonyl (C=O) groups is 1. The van der Waals surface area contributed by atoms with Crippen molar-refractivity contribution in [2.24, 2.45) is 0 Å². The average molecular weight is 334 g/mol. The molecule has 0 aliphatic heterocycles. The minimum atomic E-state index is -0.328. The number of aryl methyl sites for hydroxylation is 1. The van der Waals surface area contributed by atoms with Gasteiger partial charge in [-0.25, -0.2) is 0 Å². The smallest absolute Gasteiger partial charge is 0.314 e. The summed E-state index contributed by atoms with van der Waals surface area (Å²) in [5, 5.41) is 5.00. The van der Waals surface area contributed by atoms with E-state index in [2.05, 4.69) is 21.0 Å². The highest BCUT2D eigenvalue weighted by molar-refractivity contribution is 9.10. The first-order valence-electron chi connectivity index (χ1n) is 6.03. The number of rotatable bonds is 1. The maximum Gasteiger partial charge on any atom is 0.314 e. The second-order valence-corrected chi connectivity index (χ2v) is 5.42. The molecular formula is C14H12BrN3O2. The number of carbonyl (C=O) groups excluding carboxylic acids is 1. The van der Waals surface area contributed by atoms with Crippen LogP contribution in [0.15, 0.2) is 33.2 Å². The van der Waals surface area contributed by atoms with Crippen LogP contribution in [-0.4, -0.2) is 15.7 Å². The summed E-state index contributed by atoms with van der Waals surface area (Å²) in [6.45, 7) is 3.52. The average Bonchev–Trinajstić information content (AvgIpc) is 2.96. The number of furan rings is 1. The Balaban J connectivity index is 2.13. The van der Waals surface area contributed by atoms with Gasteiger partial charge in [-0.2, -0.15) is 9.78 Å². The van der Waals surface area contributed by atoms with Gasteiger partial charge < -0.3 is 10.2 Å². The molecule has 0 amide bonds. The van der Waals surface area contributed by atoms with Crippen molar-refractivity contribution in [3.63, 3.8) is 0 Å². The van der Waals surface area contributed by atoms with Gasteiger partial charge in [0.1, 0.15) is 5.58 Å². The van der Waals surface area contributed by atoms with Gasteiger partial charge in [0.15, 0.2) is 5.76 Å². The molecule has 0 saturated heterocycles. The first-order valence-corrected chi connectivity index (χ1v) is 6.83. The van der Waals surface area contributed by atoms with Crippen LogP contribution in [0.1, 0.15) is 21.9 Å². The van der Waals surface area contributed by atoms with Gasteiger partial charge in [0.05, 0.1) is 17.1 Å². The molecule has 0 aliphatic carbocycles. The van der Waals surface area contributed by atoms with Crippen LogP contribution in [0.4, 0.5) is 5.69 Å². The molecule has 2 aromatic heterocycles. The number of hydrogen-bond donors (Lipinski definition) is 1. The van der Waals surface area contributed by atoms with E-state index in [1.165, 1.54) is 4.68 Å². The first-order chi connectivity index (χ1) is 9.49. The van der Waals surface area contributed by atoms with E-state index in [1.54, 1.807) is 19.9 Å². The summed E-state index contributed by atoms with van der Waals surface area (Å²) < 4.78 is 7.74. The lowest BCUT2D eigenvalue weighted by atomic mass is 10.2. The lowest BCUT2D eigenvalue weighted by Gasteiger charge is -1.99. The molecule has 0 fully saturated rings. The third-order valence-electron chi connectivity index (χ3n) is 3.26. The molecule has 5 nitrogen and oxygen atoms in total. The third-order valence-corrected chi connectivity index (χ3v) is 3.95. The van der Waals surface area contributed by atoms with E-state index in [4.69, 9.17) is 10.2 Å². The summed E-state index contributed by atoms with van der Waals surface area (Å²) in [4.78, 5) is 12.4. The van der Waals surface area contributed by atoms with Gasteiger partial charge in [0, 0.05) is 9.86 Å². The van der Waals surface area contributed by atoms with Crippen LogP contribution < -0.4 is 5.73 Å². The molecule has 1 aromatic carbocycles. The van der Waals surface area contributed by atoms with Crippen molar-refractivity contribution in [2.75, 3.05) is 5.73 Å². The van der Waals surface area contributed by atoms with Crippen molar-refractivity contribution < 1.29 is 9.21 Å². The lowest BCUT2D eigenvalue weighted by Crippen LogP contribution is -2.14. The molecule has 2 heterocycles. The molecule has 2 N–H and O–H groups in total. The Morgan fingerprint density at radius 2 is 2.15 bits per heavy atom. The Hall–Kier alpha value is -2.08.